The number of aliphatic carboxylic acids is 1. The lowest BCUT2D eigenvalue weighted by atomic mass is 10.0. The van der Waals surface area contributed by atoms with Crippen molar-refractivity contribution in [2.75, 3.05) is 0 Å². The van der Waals surface area contributed by atoms with Gasteiger partial charge >= 0.3 is 5.97 Å². The first-order valence-electron chi connectivity index (χ1n) is 10.1. The fourth-order valence-electron chi connectivity index (χ4n) is 2.73. The van der Waals surface area contributed by atoms with Crippen LogP contribution in [0.25, 0.3) is 0 Å². The fraction of sp³-hybridized carbons (Fsp3) is 0.773. The summed E-state index contributed by atoms with van der Waals surface area (Å²) in [4.78, 5) is 10.3. The van der Waals surface area contributed by atoms with Crippen LogP contribution in [-0.2, 0) is 4.79 Å². The lowest BCUT2D eigenvalue weighted by molar-refractivity contribution is -0.137. The second kappa shape index (κ2) is 18.3. The van der Waals surface area contributed by atoms with Crippen LogP contribution in [0.15, 0.2) is 24.3 Å². The Bertz CT molecular complexity index is 329. The topological polar surface area (TPSA) is 37.3 Å². The summed E-state index contributed by atoms with van der Waals surface area (Å²) in [7, 11) is 0. The molecule has 140 valence electrons. The number of allylic oxidation sites excluding steroid dienone is 4. The van der Waals surface area contributed by atoms with Crippen LogP contribution in [0.4, 0.5) is 0 Å². The van der Waals surface area contributed by atoms with Gasteiger partial charge in [0.15, 0.2) is 0 Å². The summed E-state index contributed by atoms with van der Waals surface area (Å²) in [5.74, 6) is 0.168. The minimum Gasteiger partial charge on any atom is -0.481 e. The van der Waals surface area contributed by atoms with Gasteiger partial charge in [-0.05, 0) is 44.4 Å². The van der Waals surface area contributed by atoms with Crippen molar-refractivity contribution < 1.29 is 9.90 Å². The molecular formula is C22H40O2. The maximum Gasteiger partial charge on any atom is 0.303 e. The maximum atomic E-state index is 10.3. The summed E-state index contributed by atoms with van der Waals surface area (Å²) < 4.78 is 0. The Morgan fingerprint density at radius 3 is 1.71 bits per heavy atom. The molecule has 1 N–H and O–H groups in total. The standard InChI is InChI=1S/C22H40O2/c1-21(2)19-17-15-13-11-9-7-5-3-4-6-8-10-12-14-16-18-20-22(23)24/h4,6,12,14,21H,3,5,7-11,13,15-20H2,1-2H3,(H,23,24). The Morgan fingerprint density at radius 1 is 0.708 bits per heavy atom. The molecule has 0 bridgehead atoms. The molecule has 0 atom stereocenters. The first kappa shape index (κ1) is 22.9. The monoisotopic (exact) mass is 336 g/mol. The Balaban J connectivity index is 3.18. The minimum atomic E-state index is -0.697. The average molecular weight is 337 g/mol. The molecule has 2 heteroatoms. The van der Waals surface area contributed by atoms with E-state index in [1.54, 1.807) is 0 Å². The first-order valence-corrected chi connectivity index (χ1v) is 10.1. The molecule has 0 heterocycles. The molecule has 0 saturated carbocycles. The van der Waals surface area contributed by atoms with Crippen molar-refractivity contribution in [3.05, 3.63) is 24.3 Å². The smallest absolute Gasteiger partial charge is 0.303 e. The summed E-state index contributed by atoms with van der Waals surface area (Å²) >= 11 is 0. The molecule has 0 unspecified atom stereocenters. The van der Waals surface area contributed by atoms with E-state index >= 15 is 0 Å². The van der Waals surface area contributed by atoms with Gasteiger partial charge in [0, 0.05) is 6.42 Å². The van der Waals surface area contributed by atoms with E-state index in [-0.39, 0.29) is 6.42 Å². The van der Waals surface area contributed by atoms with E-state index in [1.165, 1.54) is 57.8 Å². The van der Waals surface area contributed by atoms with Crippen molar-refractivity contribution >= 4 is 5.97 Å². The van der Waals surface area contributed by atoms with Crippen molar-refractivity contribution in [2.24, 2.45) is 5.92 Å². The van der Waals surface area contributed by atoms with E-state index in [9.17, 15) is 4.79 Å². The molecule has 0 fully saturated rings. The van der Waals surface area contributed by atoms with Crippen LogP contribution in [0.2, 0.25) is 0 Å². The van der Waals surface area contributed by atoms with Crippen LogP contribution in [0, 0.1) is 5.92 Å². The second-order valence-corrected chi connectivity index (χ2v) is 7.25. The number of rotatable bonds is 17. The summed E-state index contributed by atoms with van der Waals surface area (Å²) in [5, 5.41) is 8.52. The van der Waals surface area contributed by atoms with Gasteiger partial charge in [0.05, 0.1) is 0 Å². The molecule has 2 nitrogen and oxygen atoms in total. The number of carbonyl (C=O) groups is 1. The van der Waals surface area contributed by atoms with E-state index < -0.39 is 5.97 Å². The van der Waals surface area contributed by atoms with Crippen LogP contribution in [0.1, 0.15) is 104 Å². The summed E-state index contributed by atoms with van der Waals surface area (Å²) in [6.07, 6.45) is 25.3. The van der Waals surface area contributed by atoms with Crippen molar-refractivity contribution in [1.82, 2.24) is 0 Å². The van der Waals surface area contributed by atoms with Gasteiger partial charge < -0.3 is 5.11 Å². The third-order valence-corrected chi connectivity index (χ3v) is 4.25. The van der Waals surface area contributed by atoms with Gasteiger partial charge in [-0.2, -0.15) is 0 Å². The number of unbranched alkanes of at least 4 members (excludes halogenated alkanes) is 9. The van der Waals surface area contributed by atoms with E-state index in [1.807, 2.05) is 0 Å². The van der Waals surface area contributed by atoms with E-state index in [0.717, 1.165) is 31.6 Å². The largest absolute Gasteiger partial charge is 0.481 e. The molecule has 0 aliphatic heterocycles. The lowest BCUT2D eigenvalue weighted by Gasteiger charge is -2.04. The van der Waals surface area contributed by atoms with Crippen molar-refractivity contribution in [3.8, 4) is 0 Å². The van der Waals surface area contributed by atoms with Crippen molar-refractivity contribution in [1.29, 1.82) is 0 Å². The Kier molecular flexibility index (Phi) is 17.5. The fourth-order valence-corrected chi connectivity index (χ4v) is 2.73. The number of hydrogen-bond donors (Lipinski definition) is 1. The van der Waals surface area contributed by atoms with Gasteiger partial charge in [-0.3, -0.25) is 4.79 Å². The van der Waals surface area contributed by atoms with Crippen LogP contribution >= 0.6 is 0 Å². The molecule has 0 amide bonds. The highest BCUT2D eigenvalue weighted by Gasteiger charge is 1.95. The predicted molar refractivity (Wildman–Crippen MR) is 105 cm³/mol. The third kappa shape index (κ3) is 20.9. The van der Waals surface area contributed by atoms with Gasteiger partial charge in [-0.25, -0.2) is 0 Å². The normalized spacial score (nSPS) is 12.0. The number of carboxylic acid groups (broad SMARTS) is 1. The average Bonchev–Trinajstić information content (AvgIpc) is 2.53. The summed E-state index contributed by atoms with van der Waals surface area (Å²) in [5.41, 5.74) is 0. The van der Waals surface area contributed by atoms with Gasteiger partial charge in [-0.1, -0.05) is 83.1 Å². The zero-order valence-corrected chi connectivity index (χ0v) is 16.1. The van der Waals surface area contributed by atoms with Gasteiger partial charge in [0.2, 0.25) is 0 Å². The maximum absolute atomic E-state index is 10.3. The Hall–Kier alpha value is -1.05. The van der Waals surface area contributed by atoms with Crippen LogP contribution in [0.3, 0.4) is 0 Å². The van der Waals surface area contributed by atoms with Gasteiger partial charge in [0.25, 0.3) is 0 Å². The molecule has 0 aliphatic carbocycles. The van der Waals surface area contributed by atoms with Crippen LogP contribution in [-0.4, -0.2) is 11.1 Å². The summed E-state index contributed by atoms with van der Waals surface area (Å²) in [6, 6.07) is 0. The Morgan fingerprint density at radius 2 is 1.17 bits per heavy atom. The van der Waals surface area contributed by atoms with Crippen molar-refractivity contribution in [2.45, 2.75) is 104 Å². The second-order valence-electron chi connectivity index (χ2n) is 7.25. The zero-order valence-electron chi connectivity index (χ0n) is 16.1. The number of hydrogen-bond acceptors (Lipinski definition) is 1. The molecule has 0 rings (SSSR count). The highest BCUT2D eigenvalue weighted by Crippen LogP contribution is 2.12. The predicted octanol–water partition coefficient (Wildman–Crippen LogP) is 7.30. The number of carboxylic acids is 1. The quantitative estimate of drug-likeness (QED) is 0.223. The first-order chi connectivity index (χ1) is 11.6. The SMILES string of the molecule is CC(C)CCCCCCCCCC=CCCC=CCCCC(=O)O. The molecule has 0 aromatic heterocycles. The molecule has 0 saturated heterocycles. The van der Waals surface area contributed by atoms with E-state index in [0.29, 0.717) is 0 Å². The molecule has 0 spiro atoms. The van der Waals surface area contributed by atoms with Gasteiger partial charge in [0.1, 0.15) is 0 Å². The van der Waals surface area contributed by atoms with Gasteiger partial charge in [-0.15, -0.1) is 0 Å². The molecular weight excluding hydrogens is 296 g/mol. The molecule has 24 heavy (non-hydrogen) atoms. The summed E-state index contributed by atoms with van der Waals surface area (Å²) in [6.45, 7) is 4.62. The van der Waals surface area contributed by atoms with Crippen LogP contribution < -0.4 is 0 Å². The molecule has 0 radical (unpaired) electrons. The molecule has 0 aliphatic rings. The Labute approximate surface area is 150 Å². The van der Waals surface area contributed by atoms with E-state index in [2.05, 4.69) is 38.2 Å². The molecule has 0 aromatic rings. The highest BCUT2D eigenvalue weighted by atomic mass is 16.4. The lowest BCUT2D eigenvalue weighted by Crippen LogP contribution is -1.92. The zero-order chi connectivity index (χ0) is 17.9. The van der Waals surface area contributed by atoms with Crippen molar-refractivity contribution in [3.63, 3.8) is 0 Å². The highest BCUT2D eigenvalue weighted by molar-refractivity contribution is 5.66. The van der Waals surface area contributed by atoms with E-state index in [4.69, 9.17) is 5.11 Å². The minimum absolute atomic E-state index is 0.280. The van der Waals surface area contributed by atoms with Crippen LogP contribution in [0.5, 0.6) is 0 Å². The third-order valence-electron chi connectivity index (χ3n) is 4.25. The molecule has 0 aromatic carbocycles.